The minimum absolute atomic E-state index is 0.106. The minimum atomic E-state index is -0.284. The van der Waals surface area contributed by atoms with Gasteiger partial charge in [0, 0.05) is 11.3 Å². The molecule has 0 spiro atoms. The number of benzene rings is 3. The van der Waals surface area contributed by atoms with Crippen LogP contribution in [-0.4, -0.2) is 18.4 Å². The first kappa shape index (κ1) is 22.1. The van der Waals surface area contributed by atoms with Crippen LogP contribution >= 0.6 is 0 Å². The van der Waals surface area contributed by atoms with E-state index in [9.17, 15) is 9.59 Å². The molecule has 0 aliphatic heterocycles. The minimum Gasteiger partial charge on any atom is -0.483 e. The van der Waals surface area contributed by atoms with Crippen LogP contribution in [0.25, 0.3) is 0 Å². The molecule has 0 aliphatic carbocycles. The molecular formula is C26H28N2O3. The second kappa shape index (κ2) is 10.4. The summed E-state index contributed by atoms with van der Waals surface area (Å²) in [6, 6.07) is 24.2. The zero-order chi connectivity index (χ0) is 22.2. The van der Waals surface area contributed by atoms with Crippen molar-refractivity contribution < 1.29 is 14.3 Å². The normalized spacial score (nSPS) is 11.6. The molecule has 5 nitrogen and oxygen atoms in total. The average Bonchev–Trinajstić information content (AvgIpc) is 2.78. The summed E-state index contributed by atoms with van der Waals surface area (Å²) in [5.41, 5.74) is 3.11. The van der Waals surface area contributed by atoms with Crippen LogP contribution in [0.4, 0.5) is 5.69 Å². The number of hydrogen-bond acceptors (Lipinski definition) is 3. The largest absolute Gasteiger partial charge is 0.483 e. The fourth-order valence-electron chi connectivity index (χ4n) is 3.27. The lowest BCUT2D eigenvalue weighted by molar-refractivity contribution is -0.118. The van der Waals surface area contributed by atoms with Gasteiger partial charge in [-0.1, -0.05) is 68.4 Å². The monoisotopic (exact) mass is 416 g/mol. The van der Waals surface area contributed by atoms with E-state index in [4.69, 9.17) is 4.74 Å². The van der Waals surface area contributed by atoms with Gasteiger partial charge in [0.1, 0.15) is 5.75 Å². The smallest absolute Gasteiger partial charge is 0.262 e. The van der Waals surface area contributed by atoms with Crippen molar-refractivity contribution in [2.75, 3.05) is 11.9 Å². The molecule has 3 aromatic carbocycles. The number of anilines is 1. The Hall–Kier alpha value is -3.60. The lowest BCUT2D eigenvalue weighted by atomic mass is 10.0. The summed E-state index contributed by atoms with van der Waals surface area (Å²) >= 11 is 0. The van der Waals surface area contributed by atoms with Crippen molar-refractivity contribution in [3.8, 4) is 5.75 Å². The number of carbonyl (C=O) groups is 2. The fraction of sp³-hybridized carbons (Fsp3) is 0.231. The van der Waals surface area contributed by atoms with Gasteiger partial charge in [0.25, 0.3) is 11.8 Å². The van der Waals surface area contributed by atoms with Crippen molar-refractivity contribution in [1.82, 2.24) is 5.32 Å². The zero-order valence-corrected chi connectivity index (χ0v) is 18.1. The molecule has 0 aliphatic rings. The lowest BCUT2D eigenvalue weighted by Crippen LogP contribution is -2.27. The van der Waals surface area contributed by atoms with E-state index in [2.05, 4.69) is 24.5 Å². The number of para-hydroxylation sites is 1. The first-order valence-electron chi connectivity index (χ1n) is 10.4. The van der Waals surface area contributed by atoms with Gasteiger partial charge in [-0.25, -0.2) is 0 Å². The number of nitrogens with one attached hydrogen (secondary N) is 2. The van der Waals surface area contributed by atoms with Crippen LogP contribution in [-0.2, 0) is 4.79 Å². The number of hydrogen-bond donors (Lipinski definition) is 2. The highest BCUT2D eigenvalue weighted by Crippen LogP contribution is 2.25. The lowest BCUT2D eigenvalue weighted by Gasteiger charge is -2.15. The standard InChI is InChI=1S/C26H28N2O3/c1-18(2)23-14-7-8-15-24(23)31-17-25(29)28-22-13-9-12-21(16-22)26(30)27-19(3)20-10-5-4-6-11-20/h4-16,18-19H,17H2,1-3H3,(H,27,30)(H,28,29). The maximum atomic E-state index is 12.6. The van der Waals surface area contributed by atoms with Crippen molar-refractivity contribution in [3.63, 3.8) is 0 Å². The Morgan fingerprint density at radius 2 is 1.58 bits per heavy atom. The number of rotatable bonds is 8. The molecule has 0 aromatic heterocycles. The highest BCUT2D eigenvalue weighted by molar-refractivity contribution is 5.97. The van der Waals surface area contributed by atoms with Gasteiger partial charge in [0.15, 0.2) is 6.61 Å². The summed E-state index contributed by atoms with van der Waals surface area (Å²) in [6.45, 7) is 5.99. The van der Waals surface area contributed by atoms with Crippen molar-refractivity contribution in [1.29, 1.82) is 0 Å². The topological polar surface area (TPSA) is 67.4 Å². The molecule has 2 amide bonds. The summed E-state index contributed by atoms with van der Waals surface area (Å²) in [4.78, 5) is 25.0. The zero-order valence-electron chi connectivity index (χ0n) is 18.1. The Kier molecular flexibility index (Phi) is 7.44. The van der Waals surface area contributed by atoms with Gasteiger partial charge in [-0.05, 0) is 48.2 Å². The van der Waals surface area contributed by atoms with E-state index in [-0.39, 0.29) is 24.5 Å². The maximum Gasteiger partial charge on any atom is 0.262 e. The highest BCUT2D eigenvalue weighted by Gasteiger charge is 2.13. The van der Waals surface area contributed by atoms with Crippen LogP contribution in [0.1, 0.15) is 54.2 Å². The van der Waals surface area contributed by atoms with Crippen LogP contribution in [0.2, 0.25) is 0 Å². The molecule has 3 rings (SSSR count). The van der Waals surface area contributed by atoms with Crippen LogP contribution < -0.4 is 15.4 Å². The molecular weight excluding hydrogens is 388 g/mol. The Morgan fingerprint density at radius 3 is 2.32 bits per heavy atom. The Balaban J connectivity index is 1.59. The second-order valence-electron chi connectivity index (χ2n) is 7.72. The first-order valence-corrected chi connectivity index (χ1v) is 10.4. The van der Waals surface area contributed by atoms with Crippen molar-refractivity contribution in [2.45, 2.75) is 32.7 Å². The SMILES string of the molecule is CC(C)c1ccccc1OCC(=O)Nc1cccc(C(=O)NC(C)c2ccccc2)c1. The number of carbonyl (C=O) groups excluding carboxylic acids is 2. The quantitative estimate of drug-likeness (QED) is 0.522. The van der Waals surface area contributed by atoms with Gasteiger partial charge < -0.3 is 15.4 Å². The molecule has 2 N–H and O–H groups in total. The van der Waals surface area contributed by atoms with E-state index in [1.165, 1.54) is 0 Å². The molecule has 160 valence electrons. The summed E-state index contributed by atoms with van der Waals surface area (Å²) < 4.78 is 5.72. The Bertz CT molecular complexity index is 1030. The molecule has 0 fully saturated rings. The van der Waals surface area contributed by atoms with E-state index in [1.807, 2.05) is 61.5 Å². The third-order valence-corrected chi connectivity index (χ3v) is 4.96. The van der Waals surface area contributed by atoms with Crippen molar-refractivity contribution in [3.05, 3.63) is 95.6 Å². The molecule has 0 radical (unpaired) electrons. The van der Waals surface area contributed by atoms with Crippen LogP contribution in [0.5, 0.6) is 5.75 Å². The third-order valence-electron chi connectivity index (χ3n) is 4.96. The molecule has 0 saturated heterocycles. The van der Waals surface area contributed by atoms with E-state index in [0.29, 0.717) is 22.9 Å². The number of ether oxygens (including phenoxy) is 1. The van der Waals surface area contributed by atoms with Gasteiger partial charge in [0.05, 0.1) is 6.04 Å². The van der Waals surface area contributed by atoms with Gasteiger partial charge >= 0.3 is 0 Å². The van der Waals surface area contributed by atoms with E-state index in [0.717, 1.165) is 11.1 Å². The molecule has 0 heterocycles. The van der Waals surface area contributed by atoms with Crippen molar-refractivity contribution in [2.24, 2.45) is 0 Å². The summed E-state index contributed by atoms with van der Waals surface area (Å²) in [7, 11) is 0. The Morgan fingerprint density at radius 1 is 0.871 bits per heavy atom. The predicted molar refractivity (Wildman–Crippen MR) is 123 cm³/mol. The van der Waals surface area contributed by atoms with E-state index < -0.39 is 0 Å². The van der Waals surface area contributed by atoms with E-state index in [1.54, 1.807) is 24.3 Å². The summed E-state index contributed by atoms with van der Waals surface area (Å²) in [6.07, 6.45) is 0. The second-order valence-corrected chi connectivity index (χ2v) is 7.72. The molecule has 3 aromatic rings. The third kappa shape index (κ3) is 6.19. The Labute approximate surface area is 183 Å². The molecule has 1 unspecified atom stereocenters. The van der Waals surface area contributed by atoms with Crippen LogP contribution in [0.3, 0.4) is 0 Å². The van der Waals surface area contributed by atoms with Gasteiger partial charge in [-0.3, -0.25) is 9.59 Å². The molecule has 1 atom stereocenters. The number of amides is 2. The summed E-state index contributed by atoms with van der Waals surface area (Å²) in [5.74, 6) is 0.520. The molecule has 31 heavy (non-hydrogen) atoms. The average molecular weight is 417 g/mol. The molecule has 5 heteroatoms. The summed E-state index contributed by atoms with van der Waals surface area (Å²) in [5, 5.41) is 5.78. The predicted octanol–water partition coefficient (Wildman–Crippen LogP) is 5.32. The fourth-order valence-corrected chi connectivity index (χ4v) is 3.27. The van der Waals surface area contributed by atoms with Gasteiger partial charge in [0.2, 0.25) is 0 Å². The van der Waals surface area contributed by atoms with Crippen LogP contribution in [0, 0.1) is 0 Å². The van der Waals surface area contributed by atoms with E-state index >= 15 is 0 Å². The molecule has 0 saturated carbocycles. The van der Waals surface area contributed by atoms with Crippen molar-refractivity contribution >= 4 is 17.5 Å². The maximum absolute atomic E-state index is 12.6. The van der Waals surface area contributed by atoms with Gasteiger partial charge in [-0.2, -0.15) is 0 Å². The molecule has 0 bridgehead atoms. The highest BCUT2D eigenvalue weighted by atomic mass is 16.5. The van der Waals surface area contributed by atoms with Gasteiger partial charge in [-0.15, -0.1) is 0 Å². The first-order chi connectivity index (χ1) is 14.9. The van der Waals surface area contributed by atoms with Crippen LogP contribution in [0.15, 0.2) is 78.9 Å².